The van der Waals surface area contributed by atoms with E-state index in [4.69, 9.17) is 21.4 Å². The van der Waals surface area contributed by atoms with Crippen molar-refractivity contribution in [3.05, 3.63) is 40.7 Å². The van der Waals surface area contributed by atoms with Crippen LogP contribution < -0.4 is 4.74 Å². The Balaban J connectivity index is 1.52. The molecule has 0 saturated heterocycles. The van der Waals surface area contributed by atoms with Gasteiger partial charge in [0, 0.05) is 37.2 Å². The summed E-state index contributed by atoms with van der Waals surface area (Å²) in [5, 5.41) is 24.0. The fraction of sp³-hybridized carbons (Fsp3) is 0.400. The maximum Gasteiger partial charge on any atom is 0.304 e. The summed E-state index contributed by atoms with van der Waals surface area (Å²) >= 11 is 7.80. The average Bonchev–Trinajstić information content (AvgIpc) is 3.34. The average molecular weight is 448 g/mol. The van der Waals surface area contributed by atoms with Crippen LogP contribution in [0.4, 0.5) is 0 Å². The molecule has 30 heavy (non-hydrogen) atoms. The maximum absolute atomic E-state index is 10.8. The summed E-state index contributed by atoms with van der Waals surface area (Å²) in [6, 6.07) is 5.61. The topological polar surface area (TPSA) is 93.4 Å². The van der Waals surface area contributed by atoms with E-state index in [0.717, 1.165) is 34.8 Å². The first-order valence-corrected chi connectivity index (χ1v) is 10.9. The zero-order valence-corrected chi connectivity index (χ0v) is 18.3. The number of nitrogens with zero attached hydrogens (tertiary/aromatic N) is 5. The van der Waals surface area contributed by atoms with Crippen molar-refractivity contribution in [2.45, 2.75) is 39.3 Å². The first kappa shape index (κ1) is 20.8. The van der Waals surface area contributed by atoms with Gasteiger partial charge in [0.1, 0.15) is 10.8 Å². The summed E-state index contributed by atoms with van der Waals surface area (Å²) < 4.78 is 7.52. The fourth-order valence-corrected chi connectivity index (χ4v) is 4.45. The monoisotopic (exact) mass is 447 g/mol. The zero-order valence-electron chi connectivity index (χ0n) is 16.7. The van der Waals surface area contributed by atoms with Gasteiger partial charge in [-0.1, -0.05) is 22.9 Å². The van der Waals surface area contributed by atoms with Gasteiger partial charge in [0.05, 0.1) is 29.4 Å². The molecule has 1 aliphatic heterocycles. The molecule has 0 unspecified atom stereocenters. The quantitative estimate of drug-likeness (QED) is 0.590. The number of fused-ring (bicyclic) bond motifs is 1. The van der Waals surface area contributed by atoms with Crippen LogP contribution in [0.1, 0.15) is 31.5 Å². The van der Waals surface area contributed by atoms with E-state index in [1.807, 2.05) is 42.9 Å². The number of hydrogen-bond donors (Lipinski definition) is 1. The summed E-state index contributed by atoms with van der Waals surface area (Å²) in [6.07, 6.45) is 2.81. The molecule has 0 atom stereocenters. The van der Waals surface area contributed by atoms with Crippen molar-refractivity contribution in [2.24, 2.45) is 0 Å². The van der Waals surface area contributed by atoms with Gasteiger partial charge in [-0.15, -0.1) is 10.2 Å². The highest BCUT2D eigenvalue weighted by Crippen LogP contribution is 2.33. The lowest BCUT2D eigenvalue weighted by atomic mass is 10.1. The number of rotatable bonds is 7. The molecule has 0 aliphatic carbocycles. The molecule has 0 amide bonds. The van der Waals surface area contributed by atoms with Gasteiger partial charge in [0.25, 0.3) is 0 Å². The Morgan fingerprint density at radius 3 is 2.93 bits per heavy atom. The minimum atomic E-state index is -0.776. The third-order valence-corrected chi connectivity index (χ3v) is 6.04. The largest absolute Gasteiger partial charge is 0.489 e. The Kier molecular flexibility index (Phi) is 6.03. The SMILES string of the molecule is CC(C)Oc1ccc(-c2nnc(-n3ncc4c3CCN(CCC(=O)O)C4)s2)cc1Cl. The van der Waals surface area contributed by atoms with Crippen LogP contribution in [-0.4, -0.2) is 55.1 Å². The van der Waals surface area contributed by atoms with E-state index in [1.165, 1.54) is 11.3 Å². The lowest BCUT2D eigenvalue weighted by molar-refractivity contribution is -0.137. The Labute approximate surface area is 183 Å². The summed E-state index contributed by atoms with van der Waals surface area (Å²) in [5.41, 5.74) is 3.07. The van der Waals surface area contributed by atoms with Crippen LogP contribution in [0.3, 0.4) is 0 Å². The third-order valence-electron chi connectivity index (χ3n) is 4.79. The molecule has 0 spiro atoms. The van der Waals surface area contributed by atoms with E-state index in [0.29, 0.717) is 29.0 Å². The smallest absolute Gasteiger partial charge is 0.304 e. The maximum atomic E-state index is 10.8. The van der Waals surface area contributed by atoms with E-state index in [1.54, 1.807) is 0 Å². The number of aliphatic carboxylic acids is 1. The minimum Gasteiger partial charge on any atom is -0.489 e. The molecule has 1 aromatic carbocycles. The summed E-state index contributed by atoms with van der Waals surface area (Å²) in [7, 11) is 0. The number of carboxylic acid groups (broad SMARTS) is 1. The highest BCUT2D eigenvalue weighted by molar-refractivity contribution is 7.17. The molecule has 0 bridgehead atoms. The van der Waals surface area contributed by atoms with E-state index in [2.05, 4.69) is 20.2 Å². The Morgan fingerprint density at radius 2 is 2.20 bits per heavy atom. The van der Waals surface area contributed by atoms with Crippen LogP contribution in [-0.2, 0) is 17.8 Å². The minimum absolute atomic E-state index is 0.0486. The van der Waals surface area contributed by atoms with Gasteiger partial charge in [0.2, 0.25) is 5.13 Å². The van der Waals surface area contributed by atoms with Crippen molar-refractivity contribution in [1.82, 2.24) is 24.9 Å². The third kappa shape index (κ3) is 4.48. The van der Waals surface area contributed by atoms with E-state index in [-0.39, 0.29) is 12.5 Å². The molecule has 2 aromatic heterocycles. The van der Waals surface area contributed by atoms with Crippen molar-refractivity contribution in [3.63, 3.8) is 0 Å². The van der Waals surface area contributed by atoms with Crippen molar-refractivity contribution < 1.29 is 14.6 Å². The number of carboxylic acids is 1. The van der Waals surface area contributed by atoms with Crippen molar-refractivity contribution in [3.8, 4) is 21.5 Å². The van der Waals surface area contributed by atoms with E-state index >= 15 is 0 Å². The molecule has 8 nitrogen and oxygen atoms in total. The molecule has 1 N–H and O–H groups in total. The summed E-state index contributed by atoms with van der Waals surface area (Å²) in [4.78, 5) is 12.9. The van der Waals surface area contributed by atoms with Crippen molar-refractivity contribution in [2.75, 3.05) is 13.1 Å². The molecule has 3 aromatic rings. The molecule has 3 heterocycles. The van der Waals surface area contributed by atoms with Gasteiger partial charge in [0.15, 0.2) is 0 Å². The standard InChI is InChI=1S/C20H22ClN5O3S/c1-12(2)29-17-4-3-13(9-15(17)21)19-23-24-20(30-19)26-16-5-7-25(8-6-18(27)28)11-14(16)10-22-26/h3-4,9-10,12H,5-8,11H2,1-2H3,(H,27,28). The Morgan fingerprint density at radius 1 is 1.37 bits per heavy atom. The zero-order chi connectivity index (χ0) is 21.3. The van der Waals surface area contributed by atoms with E-state index < -0.39 is 5.97 Å². The number of aromatic nitrogens is 4. The highest BCUT2D eigenvalue weighted by Gasteiger charge is 2.23. The molecule has 4 rings (SSSR count). The van der Waals surface area contributed by atoms with Gasteiger partial charge < -0.3 is 9.84 Å². The summed E-state index contributed by atoms with van der Waals surface area (Å²) in [5.74, 6) is -0.129. The number of hydrogen-bond acceptors (Lipinski definition) is 7. The molecule has 158 valence electrons. The van der Waals surface area contributed by atoms with Gasteiger partial charge >= 0.3 is 5.97 Å². The molecule has 0 fully saturated rings. The molecule has 1 aliphatic rings. The summed E-state index contributed by atoms with van der Waals surface area (Å²) in [6.45, 7) is 5.95. The number of halogens is 1. The first-order chi connectivity index (χ1) is 14.4. The van der Waals surface area contributed by atoms with E-state index in [9.17, 15) is 4.79 Å². The predicted octanol–water partition coefficient (Wildman–Crippen LogP) is 3.66. The highest BCUT2D eigenvalue weighted by atomic mass is 35.5. The fourth-order valence-electron chi connectivity index (χ4n) is 3.40. The Hall–Kier alpha value is -2.49. The second-order valence-corrected chi connectivity index (χ2v) is 8.76. The van der Waals surface area contributed by atoms with Gasteiger partial charge in [-0.3, -0.25) is 9.69 Å². The van der Waals surface area contributed by atoms with Gasteiger partial charge in [-0.25, -0.2) is 4.68 Å². The molecule has 10 heteroatoms. The van der Waals surface area contributed by atoms with Crippen LogP contribution in [0, 0.1) is 0 Å². The van der Waals surface area contributed by atoms with Gasteiger partial charge in [-0.2, -0.15) is 5.10 Å². The number of benzene rings is 1. The van der Waals surface area contributed by atoms with Crippen LogP contribution in [0.2, 0.25) is 5.02 Å². The lowest BCUT2D eigenvalue weighted by Gasteiger charge is -2.26. The molecular weight excluding hydrogens is 426 g/mol. The van der Waals surface area contributed by atoms with Crippen LogP contribution in [0.15, 0.2) is 24.4 Å². The first-order valence-electron chi connectivity index (χ1n) is 9.71. The number of carbonyl (C=O) groups is 1. The van der Waals surface area contributed by atoms with Crippen LogP contribution in [0.5, 0.6) is 5.75 Å². The van der Waals surface area contributed by atoms with Gasteiger partial charge in [-0.05, 0) is 32.0 Å². The second-order valence-electron chi connectivity index (χ2n) is 7.40. The van der Waals surface area contributed by atoms with Crippen LogP contribution >= 0.6 is 22.9 Å². The van der Waals surface area contributed by atoms with Crippen LogP contribution in [0.25, 0.3) is 15.7 Å². The predicted molar refractivity (Wildman–Crippen MR) is 114 cm³/mol. The van der Waals surface area contributed by atoms with Crippen molar-refractivity contribution >= 4 is 28.9 Å². The van der Waals surface area contributed by atoms with Crippen molar-refractivity contribution in [1.29, 1.82) is 0 Å². The molecular formula is C20H22ClN5O3S. The normalized spacial score (nSPS) is 14.1. The molecule has 0 radical (unpaired) electrons. The lowest BCUT2D eigenvalue weighted by Crippen LogP contribution is -2.32. The Bertz CT molecular complexity index is 1060. The molecule has 0 saturated carbocycles. The number of ether oxygens (including phenoxy) is 1. The second kappa shape index (κ2) is 8.71.